The van der Waals surface area contributed by atoms with Crippen molar-refractivity contribution in [3.63, 3.8) is 0 Å². The van der Waals surface area contributed by atoms with Crippen LogP contribution in [-0.2, 0) is 16.2 Å². The lowest BCUT2D eigenvalue weighted by molar-refractivity contribution is -0.137. The Kier molecular flexibility index (Phi) is 5.25. The van der Waals surface area contributed by atoms with Gasteiger partial charge in [-0.1, -0.05) is 17.7 Å². The van der Waals surface area contributed by atoms with E-state index in [0.29, 0.717) is 34.2 Å². The van der Waals surface area contributed by atoms with E-state index in [9.17, 15) is 21.6 Å². The van der Waals surface area contributed by atoms with Gasteiger partial charge in [0.1, 0.15) is 10.7 Å². The van der Waals surface area contributed by atoms with Gasteiger partial charge in [0.25, 0.3) is 10.0 Å². The highest BCUT2D eigenvalue weighted by Gasteiger charge is 2.33. The van der Waals surface area contributed by atoms with Crippen LogP contribution in [-0.4, -0.2) is 23.0 Å². The molecule has 0 fully saturated rings. The van der Waals surface area contributed by atoms with Crippen LogP contribution < -0.4 is 10.5 Å². The van der Waals surface area contributed by atoms with Crippen LogP contribution in [0.1, 0.15) is 11.1 Å². The van der Waals surface area contributed by atoms with Crippen molar-refractivity contribution in [3.05, 3.63) is 71.0 Å². The molecule has 4 rings (SSSR count). The Bertz CT molecular complexity index is 1450. The molecule has 4 aromatic rings. The smallest absolute Gasteiger partial charge is 0.383 e. The van der Waals surface area contributed by atoms with Crippen molar-refractivity contribution in [2.24, 2.45) is 0 Å². The molecule has 7 nitrogen and oxygen atoms in total. The van der Waals surface area contributed by atoms with E-state index in [-0.39, 0.29) is 10.7 Å². The number of nitrogens with two attached hydrogens (primary N) is 1. The molecule has 0 aliphatic carbocycles. The van der Waals surface area contributed by atoms with Crippen LogP contribution in [0.25, 0.3) is 16.8 Å². The molecule has 0 unspecified atom stereocenters. The number of aromatic nitrogens is 3. The maximum absolute atomic E-state index is 13.0. The van der Waals surface area contributed by atoms with Gasteiger partial charge in [0.2, 0.25) is 0 Å². The van der Waals surface area contributed by atoms with Gasteiger partial charge >= 0.3 is 6.18 Å². The van der Waals surface area contributed by atoms with E-state index in [4.69, 9.17) is 17.3 Å². The van der Waals surface area contributed by atoms with E-state index in [1.165, 1.54) is 10.6 Å². The SMILES string of the molecule is Cc1cc(-c2cnc3ccnn3c2N)ccc1NS(=O)(=O)c1cc(C(F)(F)F)ccc1Cl. The molecule has 2 heterocycles. The maximum atomic E-state index is 13.0. The molecule has 12 heteroatoms. The Morgan fingerprint density at radius 2 is 1.88 bits per heavy atom. The average molecular weight is 482 g/mol. The number of halogens is 4. The summed E-state index contributed by atoms with van der Waals surface area (Å²) < 4.78 is 68.4. The third-order valence-corrected chi connectivity index (χ3v) is 6.63. The van der Waals surface area contributed by atoms with Crippen LogP contribution in [0.5, 0.6) is 0 Å². The highest BCUT2D eigenvalue weighted by molar-refractivity contribution is 7.92. The second-order valence-electron chi connectivity index (χ2n) is 6.94. The summed E-state index contributed by atoms with van der Waals surface area (Å²) in [5.41, 5.74) is 7.55. The summed E-state index contributed by atoms with van der Waals surface area (Å²) in [5, 5.41) is 3.78. The summed E-state index contributed by atoms with van der Waals surface area (Å²) in [6.45, 7) is 1.64. The monoisotopic (exact) mass is 481 g/mol. The largest absolute Gasteiger partial charge is 0.416 e. The van der Waals surface area contributed by atoms with Gasteiger partial charge in [0.05, 0.1) is 22.5 Å². The minimum Gasteiger partial charge on any atom is -0.383 e. The van der Waals surface area contributed by atoms with Gasteiger partial charge in [0.15, 0.2) is 5.65 Å². The molecule has 0 spiro atoms. The van der Waals surface area contributed by atoms with Gasteiger partial charge < -0.3 is 5.73 Å². The van der Waals surface area contributed by atoms with Crippen LogP contribution >= 0.6 is 11.6 Å². The second-order valence-corrected chi connectivity index (χ2v) is 8.99. The first-order valence-electron chi connectivity index (χ1n) is 9.06. The Labute approximate surface area is 185 Å². The molecule has 0 amide bonds. The van der Waals surface area contributed by atoms with Crippen molar-refractivity contribution < 1.29 is 21.6 Å². The van der Waals surface area contributed by atoms with Crippen molar-refractivity contribution in [2.75, 3.05) is 10.5 Å². The molecule has 32 heavy (non-hydrogen) atoms. The van der Waals surface area contributed by atoms with Crippen molar-refractivity contribution >= 4 is 38.8 Å². The summed E-state index contributed by atoms with van der Waals surface area (Å²) in [5.74, 6) is 0.350. The van der Waals surface area contributed by atoms with Gasteiger partial charge in [-0.2, -0.15) is 22.8 Å². The summed E-state index contributed by atoms with van der Waals surface area (Å²) in [7, 11) is -4.39. The molecule has 0 saturated heterocycles. The number of hydrogen-bond donors (Lipinski definition) is 2. The van der Waals surface area contributed by atoms with E-state index in [0.717, 1.165) is 12.1 Å². The van der Waals surface area contributed by atoms with Crippen LogP contribution in [0, 0.1) is 6.92 Å². The summed E-state index contributed by atoms with van der Waals surface area (Å²) >= 11 is 5.88. The zero-order valence-electron chi connectivity index (χ0n) is 16.4. The van der Waals surface area contributed by atoms with Gasteiger partial charge in [0, 0.05) is 17.8 Å². The van der Waals surface area contributed by atoms with E-state index in [2.05, 4.69) is 14.8 Å². The number of nitrogen functional groups attached to an aromatic ring is 1. The van der Waals surface area contributed by atoms with E-state index < -0.39 is 26.7 Å². The first-order valence-corrected chi connectivity index (χ1v) is 10.9. The Morgan fingerprint density at radius 1 is 1.12 bits per heavy atom. The summed E-state index contributed by atoms with van der Waals surface area (Å²) in [6, 6.07) is 8.58. The lowest BCUT2D eigenvalue weighted by Gasteiger charge is -2.15. The molecule has 3 N–H and O–H groups in total. The number of alkyl halides is 3. The normalized spacial score (nSPS) is 12.3. The quantitative estimate of drug-likeness (QED) is 0.437. The molecule has 166 valence electrons. The predicted molar refractivity (Wildman–Crippen MR) is 115 cm³/mol. The molecule has 0 aliphatic rings. The van der Waals surface area contributed by atoms with E-state index in [1.807, 2.05) is 0 Å². The zero-order chi connectivity index (χ0) is 23.3. The number of aryl methyl sites for hydroxylation is 1. The third kappa shape index (κ3) is 3.96. The fraction of sp³-hybridized carbons (Fsp3) is 0.100. The third-order valence-electron chi connectivity index (χ3n) is 4.78. The van der Waals surface area contributed by atoms with E-state index in [1.54, 1.807) is 37.5 Å². The van der Waals surface area contributed by atoms with Gasteiger partial charge in [-0.25, -0.2) is 13.4 Å². The fourth-order valence-corrected chi connectivity index (χ4v) is 4.80. The number of anilines is 2. The number of rotatable bonds is 4. The molecule has 0 saturated carbocycles. The molecule has 0 radical (unpaired) electrons. The van der Waals surface area contributed by atoms with Crippen LogP contribution in [0.3, 0.4) is 0 Å². The molecule has 2 aromatic carbocycles. The van der Waals surface area contributed by atoms with Gasteiger partial charge in [-0.3, -0.25) is 4.72 Å². The first-order chi connectivity index (χ1) is 15.0. The summed E-state index contributed by atoms with van der Waals surface area (Å²) in [6.07, 6.45) is -1.58. The Hall–Kier alpha value is -3.31. The second kappa shape index (κ2) is 7.68. The zero-order valence-corrected chi connectivity index (χ0v) is 17.9. The van der Waals surface area contributed by atoms with Crippen molar-refractivity contribution in [1.82, 2.24) is 14.6 Å². The molecule has 0 aliphatic heterocycles. The minimum absolute atomic E-state index is 0.175. The molecule has 0 bridgehead atoms. The van der Waals surface area contributed by atoms with Crippen LogP contribution in [0.4, 0.5) is 24.7 Å². The van der Waals surface area contributed by atoms with Crippen LogP contribution in [0.15, 0.2) is 59.8 Å². The maximum Gasteiger partial charge on any atom is 0.416 e. The van der Waals surface area contributed by atoms with Crippen molar-refractivity contribution in [3.8, 4) is 11.1 Å². The topological polar surface area (TPSA) is 102 Å². The van der Waals surface area contributed by atoms with Crippen molar-refractivity contribution in [1.29, 1.82) is 0 Å². The minimum atomic E-state index is -4.71. The standard InChI is InChI=1S/C20H15ClF3N5O2S/c1-11-8-12(14-10-26-18-6-7-27-29(18)19(14)25)2-5-16(11)28-32(30,31)17-9-13(20(22,23)24)3-4-15(17)21/h2-10,28H,25H2,1H3. The number of sulfonamides is 1. The highest BCUT2D eigenvalue weighted by atomic mass is 35.5. The molecular weight excluding hydrogens is 467 g/mol. The number of fused-ring (bicyclic) bond motifs is 1. The average Bonchev–Trinajstić information content (AvgIpc) is 3.19. The first kappa shape index (κ1) is 21.9. The molecule has 2 aromatic heterocycles. The number of benzene rings is 2. The predicted octanol–water partition coefficient (Wildman–Crippen LogP) is 4.76. The molecular formula is C20H15ClF3N5O2S. The Balaban J connectivity index is 1.69. The van der Waals surface area contributed by atoms with E-state index >= 15 is 0 Å². The lowest BCUT2D eigenvalue weighted by Crippen LogP contribution is -2.16. The fourth-order valence-electron chi connectivity index (χ4n) is 3.14. The van der Waals surface area contributed by atoms with Crippen LogP contribution in [0.2, 0.25) is 5.02 Å². The summed E-state index contributed by atoms with van der Waals surface area (Å²) in [4.78, 5) is 3.60. The van der Waals surface area contributed by atoms with Gasteiger partial charge in [-0.05, 0) is 48.4 Å². The lowest BCUT2D eigenvalue weighted by atomic mass is 10.0. The molecule has 0 atom stereocenters. The number of nitrogens with one attached hydrogen (secondary N) is 1. The highest BCUT2D eigenvalue weighted by Crippen LogP contribution is 2.35. The van der Waals surface area contributed by atoms with Gasteiger partial charge in [-0.15, -0.1) is 0 Å². The Morgan fingerprint density at radius 3 is 2.56 bits per heavy atom. The van der Waals surface area contributed by atoms with Crippen molar-refractivity contribution in [2.45, 2.75) is 18.0 Å². The number of nitrogens with zero attached hydrogens (tertiary/aromatic N) is 3. The number of hydrogen-bond acceptors (Lipinski definition) is 5.